The third kappa shape index (κ3) is 2.79. The molecule has 0 amide bonds. The number of carboxylic acid groups (broad SMARTS) is 1. The lowest BCUT2D eigenvalue weighted by Crippen LogP contribution is -2.33. The molecule has 4 nitrogen and oxygen atoms in total. The Kier molecular flexibility index (Phi) is 3.90. The Morgan fingerprint density at radius 1 is 1.53 bits per heavy atom. The van der Waals surface area contributed by atoms with Crippen molar-refractivity contribution in [3.63, 3.8) is 0 Å². The highest BCUT2D eigenvalue weighted by molar-refractivity contribution is 6.30. The summed E-state index contributed by atoms with van der Waals surface area (Å²) in [6.07, 6.45) is 1.59. The van der Waals surface area contributed by atoms with Crippen LogP contribution >= 0.6 is 11.6 Å². The minimum absolute atomic E-state index is 0.153. The topological polar surface area (TPSA) is 57.6 Å². The molecule has 100 valence electrons. The summed E-state index contributed by atoms with van der Waals surface area (Å²) in [5.74, 6) is -1.52. The number of halogens is 1. The highest BCUT2D eigenvalue weighted by Gasteiger charge is 2.31. The van der Waals surface area contributed by atoms with Gasteiger partial charge in [-0.1, -0.05) is 23.7 Å². The van der Waals surface area contributed by atoms with Gasteiger partial charge in [-0.2, -0.15) is 0 Å². The van der Waals surface area contributed by atoms with Crippen LogP contribution in [0.5, 0.6) is 0 Å². The number of carbonyl (C=O) groups excluding carboxylic acids is 1. The summed E-state index contributed by atoms with van der Waals surface area (Å²) >= 11 is 5.96. The second-order valence-electron chi connectivity index (χ2n) is 4.38. The van der Waals surface area contributed by atoms with Gasteiger partial charge in [0, 0.05) is 24.2 Å². The maximum atomic E-state index is 11.9. The number of carboxylic acids is 1. The first-order chi connectivity index (χ1) is 9.02. The van der Waals surface area contributed by atoms with Crippen LogP contribution in [0.15, 0.2) is 36.0 Å². The van der Waals surface area contributed by atoms with Gasteiger partial charge in [0.25, 0.3) is 0 Å². The van der Waals surface area contributed by atoms with Gasteiger partial charge in [0.2, 0.25) is 0 Å². The number of hydrogen-bond donors (Lipinski definition) is 1. The van der Waals surface area contributed by atoms with Crippen molar-refractivity contribution in [2.45, 2.75) is 19.4 Å². The summed E-state index contributed by atoms with van der Waals surface area (Å²) in [6.45, 7) is 2.55. The zero-order valence-electron chi connectivity index (χ0n) is 10.5. The first kappa shape index (κ1) is 13.6. The Labute approximate surface area is 116 Å². The maximum absolute atomic E-state index is 11.9. The van der Waals surface area contributed by atoms with Crippen molar-refractivity contribution in [2.24, 2.45) is 0 Å². The van der Waals surface area contributed by atoms with Crippen molar-refractivity contribution in [1.29, 1.82) is 0 Å². The Hall–Kier alpha value is -1.81. The quantitative estimate of drug-likeness (QED) is 0.864. The van der Waals surface area contributed by atoms with E-state index in [4.69, 9.17) is 16.7 Å². The average Bonchev–Trinajstić information content (AvgIpc) is 2.38. The third-order valence-electron chi connectivity index (χ3n) is 3.20. The van der Waals surface area contributed by atoms with Gasteiger partial charge in [-0.15, -0.1) is 0 Å². The normalized spacial score (nSPS) is 19.3. The number of aliphatic carboxylic acids is 1. The molecular weight excluding hydrogens is 266 g/mol. The van der Waals surface area contributed by atoms with E-state index in [-0.39, 0.29) is 23.8 Å². The molecule has 0 bridgehead atoms. The van der Waals surface area contributed by atoms with Crippen molar-refractivity contribution in [3.8, 4) is 0 Å². The molecule has 5 heteroatoms. The number of benzene rings is 1. The molecule has 1 aliphatic heterocycles. The van der Waals surface area contributed by atoms with E-state index in [0.29, 0.717) is 11.6 Å². The van der Waals surface area contributed by atoms with E-state index in [1.165, 1.54) is 6.20 Å². The molecule has 1 unspecified atom stereocenters. The lowest BCUT2D eigenvalue weighted by atomic mass is 9.93. The van der Waals surface area contributed by atoms with Crippen LogP contribution in [0.4, 0.5) is 0 Å². The van der Waals surface area contributed by atoms with E-state index in [1.807, 2.05) is 30.0 Å². The number of ketones is 1. The molecule has 0 saturated carbocycles. The van der Waals surface area contributed by atoms with E-state index < -0.39 is 5.97 Å². The SMILES string of the molecule is CCN1C=C(C(=O)O)C(=O)CC1c1cccc(Cl)c1. The fourth-order valence-corrected chi connectivity index (χ4v) is 2.44. The van der Waals surface area contributed by atoms with Crippen molar-refractivity contribution in [2.75, 3.05) is 6.54 Å². The monoisotopic (exact) mass is 279 g/mol. The first-order valence-corrected chi connectivity index (χ1v) is 6.40. The molecule has 0 saturated heterocycles. The third-order valence-corrected chi connectivity index (χ3v) is 3.44. The molecule has 0 aliphatic carbocycles. The van der Waals surface area contributed by atoms with E-state index >= 15 is 0 Å². The van der Waals surface area contributed by atoms with Gasteiger partial charge in [-0.05, 0) is 24.6 Å². The molecule has 1 atom stereocenters. The molecular formula is C14H14ClNO3. The zero-order chi connectivity index (χ0) is 14.0. The summed E-state index contributed by atoms with van der Waals surface area (Å²) in [5, 5.41) is 9.59. The molecule has 1 aromatic rings. The van der Waals surface area contributed by atoms with E-state index in [9.17, 15) is 9.59 Å². The van der Waals surface area contributed by atoms with Crippen LogP contribution in [-0.4, -0.2) is 28.3 Å². The van der Waals surface area contributed by atoms with Gasteiger partial charge < -0.3 is 10.0 Å². The van der Waals surface area contributed by atoms with Crippen molar-refractivity contribution in [3.05, 3.63) is 46.6 Å². The molecule has 0 aromatic heterocycles. The lowest BCUT2D eigenvalue weighted by Gasteiger charge is -2.33. The van der Waals surface area contributed by atoms with E-state index in [1.54, 1.807) is 6.07 Å². The zero-order valence-corrected chi connectivity index (χ0v) is 11.2. The van der Waals surface area contributed by atoms with Crippen LogP contribution in [0.25, 0.3) is 0 Å². The fraction of sp³-hybridized carbons (Fsp3) is 0.286. The Balaban J connectivity index is 2.38. The molecule has 0 fully saturated rings. The summed E-state index contributed by atoms with van der Waals surface area (Å²) in [4.78, 5) is 24.7. The molecule has 19 heavy (non-hydrogen) atoms. The number of carbonyl (C=O) groups is 2. The first-order valence-electron chi connectivity index (χ1n) is 6.02. The summed E-state index contributed by atoms with van der Waals surface area (Å²) in [7, 11) is 0. The molecule has 2 rings (SSSR count). The van der Waals surface area contributed by atoms with Gasteiger partial charge in [-0.3, -0.25) is 4.79 Å². The molecule has 0 radical (unpaired) electrons. The van der Waals surface area contributed by atoms with Crippen LogP contribution in [0.3, 0.4) is 0 Å². The van der Waals surface area contributed by atoms with Gasteiger partial charge in [0.1, 0.15) is 5.57 Å². The Morgan fingerprint density at radius 3 is 2.84 bits per heavy atom. The summed E-state index contributed by atoms with van der Waals surface area (Å²) in [6, 6.07) is 7.14. The largest absolute Gasteiger partial charge is 0.478 e. The van der Waals surface area contributed by atoms with Crippen molar-refractivity contribution >= 4 is 23.4 Å². The van der Waals surface area contributed by atoms with Crippen molar-refractivity contribution < 1.29 is 14.7 Å². The number of Topliss-reactive ketones (excluding diaryl/α,β-unsaturated/α-hetero) is 1. The number of nitrogens with zero attached hydrogens (tertiary/aromatic N) is 1. The van der Waals surface area contributed by atoms with Crippen LogP contribution in [0.2, 0.25) is 5.02 Å². The van der Waals surface area contributed by atoms with Gasteiger partial charge >= 0.3 is 5.97 Å². The predicted octanol–water partition coefficient (Wildman–Crippen LogP) is 2.64. The highest BCUT2D eigenvalue weighted by atomic mass is 35.5. The summed E-state index contributed by atoms with van der Waals surface area (Å²) < 4.78 is 0. The second-order valence-corrected chi connectivity index (χ2v) is 4.81. The van der Waals surface area contributed by atoms with E-state index in [2.05, 4.69) is 0 Å². The maximum Gasteiger partial charge on any atom is 0.340 e. The lowest BCUT2D eigenvalue weighted by molar-refractivity contribution is -0.135. The second kappa shape index (κ2) is 5.45. The van der Waals surface area contributed by atoms with Crippen molar-refractivity contribution in [1.82, 2.24) is 4.90 Å². The van der Waals surface area contributed by atoms with Gasteiger partial charge in [-0.25, -0.2) is 4.79 Å². The van der Waals surface area contributed by atoms with Gasteiger partial charge in [0.05, 0.1) is 6.04 Å². The van der Waals surface area contributed by atoms with Crippen LogP contribution in [0.1, 0.15) is 24.9 Å². The average molecular weight is 280 g/mol. The number of hydrogen-bond acceptors (Lipinski definition) is 3. The van der Waals surface area contributed by atoms with Gasteiger partial charge in [0.15, 0.2) is 5.78 Å². The molecule has 1 aliphatic rings. The van der Waals surface area contributed by atoms with Crippen LogP contribution in [0, 0.1) is 0 Å². The Morgan fingerprint density at radius 2 is 2.26 bits per heavy atom. The minimum atomic E-state index is -1.17. The molecule has 1 aromatic carbocycles. The number of rotatable bonds is 3. The minimum Gasteiger partial charge on any atom is -0.478 e. The predicted molar refractivity (Wildman–Crippen MR) is 71.9 cm³/mol. The Bertz CT molecular complexity index is 553. The smallest absolute Gasteiger partial charge is 0.340 e. The summed E-state index contributed by atoms with van der Waals surface area (Å²) in [5.41, 5.74) is 0.767. The fourth-order valence-electron chi connectivity index (χ4n) is 2.24. The molecule has 1 N–H and O–H groups in total. The highest BCUT2D eigenvalue weighted by Crippen LogP contribution is 2.31. The molecule has 0 spiro atoms. The van der Waals surface area contributed by atoms with Crippen LogP contribution < -0.4 is 0 Å². The van der Waals surface area contributed by atoms with E-state index in [0.717, 1.165) is 5.56 Å². The molecule has 1 heterocycles. The standard InChI is InChI=1S/C14H14ClNO3/c1-2-16-8-11(14(18)19)13(17)7-12(16)9-4-3-5-10(15)6-9/h3-6,8,12H,2,7H2,1H3,(H,18,19). The van der Waals surface area contributed by atoms with Crippen LogP contribution in [-0.2, 0) is 9.59 Å².